The van der Waals surface area contributed by atoms with Gasteiger partial charge in [-0.05, 0) is 23.8 Å². The van der Waals surface area contributed by atoms with Gasteiger partial charge >= 0.3 is 12.5 Å². The number of benzene rings is 2. The van der Waals surface area contributed by atoms with Crippen molar-refractivity contribution in [2.24, 2.45) is 0 Å². The maximum absolute atomic E-state index is 13.2. The molecule has 2 nitrogen and oxygen atoms in total. The van der Waals surface area contributed by atoms with Gasteiger partial charge in [0, 0.05) is 5.56 Å². The molecule has 0 N–H and O–H groups in total. The van der Waals surface area contributed by atoms with E-state index in [9.17, 15) is 22.0 Å². The second-order valence-electron chi connectivity index (χ2n) is 4.82. The molecule has 0 aliphatic carbocycles. The van der Waals surface area contributed by atoms with Gasteiger partial charge < -0.3 is 9.47 Å². The minimum Gasteiger partial charge on any atom is -0.395 e. The van der Waals surface area contributed by atoms with E-state index in [1.807, 2.05) is 0 Å². The highest BCUT2D eigenvalue weighted by molar-refractivity contribution is 6.22. The Balaban J connectivity index is 1.94. The predicted molar refractivity (Wildman–Crippen MR) is 71.8 cm³/mol. The average molecular weight is 351 g/mol. The fourth-order valence-corrected chi connectivity index (χ4v) is 2.53. The minimum atomic E-state index is -4.46. The van der Waals surface area contributed by atoms with Gasteiger partial charge in [0.1, 0.15) is 0 Å². The fraction of sp³-hybridized carbons (Fsp3) is 0.200. The predicted octanol–water partition coefficient (Wildman–Crippen LogP) is 5.36. The number of fused-ring (bicyclic) bond motifs is 1. The summed E-state index contributed by atoms with van der Waals surface area (Å²) in [6.07, 6.45) is -8.26. The monoisotopic (exact) mass is 350 g/mol. The van der Waals surface area contributed by atoms with E-state index in [2.05, 4.69) is 9.47 Å². The van der Waals surface area contributed by atoms with Crippen LogP contribution in [0.15, 0.2) is 42.5 Å². The molecule has 0 fully saturated rings. The summed E-state index contributed by atoms with van der Waals surface area (Å²) in [6.45, 7) is 0. The van der Waals surface area contributed by atoms with Crippen LogP contribution in [-0.4, -0.2) is 6.29 Å². The van der Waals surface area contributed by atoms with Crippen molar-refractivity contribution in [3.05, 3.63) is 59.2 Å². The lowest BCUT2D eigenvalue weighted by Gasteiger charge is -2.14. The van der Waals surface area contributed by atoms with E-state index < -0.39 is 23.4 Å². The van der Waals surface area contributed by atoms with Gasteiger partial charge in [0.25, 0.3) is 0 Å². The lowest BCUT2D eigenvalue weighted by molar-refractivity contribution is -0.286. The van der Waals surface area contributed by atoms with Crippen LogP contribution in [0.3, 0.4) is 0 Å². The quantitative estimate of drug-likeness (QED) is 0.536. The van der Waals surface area contributed by atoms with Crippen molar-refractivity contribution in [2.45, 2.75) is 17.8 Å². The molecule has 1 aliphatic heterocycles. The second-order valence-corrected chi connectivity index (χ2v) is 5.26. The van der Waals surface area contributed by atoms with Crippen LogP contribution in [0.4, 0.5) is 22.0 Å². The van der Waals surface area contributed by atoms with Crippen LogP contribution < -0.4 is 9.47 Å². The highest BCUT2D eigenvalue weighted by Crippen LogP contribution is 2.47. The number of halogens is 6. The van der Waals surface area contributed by atoms with Crippen LogP contribution >= 0.6 is 11.6 Å². The summed E-state index contributed by atoms with van der Waals surface area (Å²) >= 11 is 6.21. The van der Waals surface area contributed by atoms with E-state index in [-0.39, 0.29) is 17.1 Å². The summed E-state index contributed by atoms with van der Waals surface area (Å²) in [7, 11) is 0. The summed E-state index contributed by atoms with van der Waals surface area (Å²) in [6, 6.07) is 8.30. The molecule has 0 radical (unpaired) electrons. The highest BCUT2D eigenvalue weighted by atomic mass is 35.5. The Bertz CT molecular complexity index is 728. The molecule has 23 heavy (non-hydrogen) atoms. The van der Waals surface area contributed by atoms with Gasteiger partial charge in [-0.25, -0.2) is 0 Å². The van der Waals surface area contributed by atoms with E-state index >= 15 is 0 Å². The molecule has 0 amide bonds. The molecule has 8 heteroatoms. The number of hydrogen-bond acceptors (Lipinski definition) is 2. The lowest BCUT2D eigenvalue weighted by atomic mass is 10.0. The van der Waals surface area contributed by atoms with Gasteiger partial charge in [-0.1, -0.05) is 24.3 Å². The number of hydrogen-bond donors (Lipinski definition) is 0. The molecule has 1 heterocycles. The Morgan fingerprint density at radius 1 is 0.957 bits per heavy atom. The molecule has 0 saturated carbocycles. The number of ether oxygens (including phenoxy) is 2. The summed E-state index contributed by atoms with van der Waals surface area (Å²) in [5, 5.41) is -0.968. The molecule has 2 aromatic carbocycles. The summed E-state index contributed by atoms with van der Waals surface area (Å²) in [5.74, 6) is -0.401. The SMILES string of the molecule is FC1(F)Oc2cccc(C(Cl)c3ccc(C(F)(F)F)cc3)c2O1. The molecule has 0 aromatic heterocycles. The Labute approximate surface area is 132 Å². The fourth-order valence-electron chi connectivity index (χ4n) is 2.21. The third kappa shape index (κ3) is 3.06. The first-order chi connectivity index (χ1) is 10.7. The largest absolute Gasteiger partial charge is 0.586 e. The van der Waals surface area contributed by atoms with Crippen molar-refractivity contribution < 1.29 is 31.4 Å². The minimum absolute atomic E-state index is 0.176. The number of rotatable bonds is 2. The zero-order valence-electron chi connectivity index (χ0n) is 11.2. The van der Waals surface area contributed by atoms with Crippen molar-refractivity contribution in [3.63, 3.8) is 0 Å². The topological polar surface area (TPSA) is 18.5 Å². The van der Waals surface area contributed by atoms with Crippen molar-refractivity contribution in [1.82, 2.24) is 0 Å². The van der Waals surface area contributed by atoms with Gasteiger partial charge in [0.05, 0.1) is 10.9 Å². The number of alkyl halides is 6. The summed E-state index contributed by atoms with van der Waals surface area (Å²) in [5.41, 5.74) is -0.331. The summed E-state index contributed by atoms with van der Waals surface area (Å²) in [4.78, 5) is 0. The molecule has 1 unspecified atom stereocenters. The van der Waals surface area contributed by atoms with Gasteiger partial charge in [-0.2, -0.15) is 13.2 Å². The van der Waals surface area contributed by atoms with Crippen molar-refractivity contribution in [3.8, 4) is 11.5 Å². The Kier molecular flexibility index (Phi) is 3.63. The van der Waals surface area contributed by atoms with Crippen molar-refractivity contribution >= 4 is 11.6 Å². The number of para-hydroxylation sites is 1. The Morgan fingerprint density at radius 3 is 2.22 bits per heavy atom. The van der Waals surface area contributed by atoms with Crippen LogP contribution in [0.5, 0.6) is 11.5 Å². The lowest BCUT2D eigenvalue weighted by Crippen LogP contribution is -2.26. The van der Waals surface area contributed by atoms with Crippen LogP contribution in [0.2, 0.25) is 0 Å². The third-order valence-corrected chi connectivity index (χ3v) is 3.75. The average Bonchev–Trinajstić information content (AvgIpc) is 2.79. The zero-order chi connectivity index (χ0) is 16.8. The standard InChI is InChI=1S/C15H8ClF5O2/c16-12(8-4-6-9(7-5-8)14(17,18)19)10-2-1-3-11-13(10)23-15(20,21)22-11/h1-7,12H. The molecule has 1 aliphatic rings. The molecule has 0 spiro atoms. The molecule has 0 bridgehead atoms. The van der Waals surface area contributed by atoms with Crippen LogP contribution in [0, 0.1) is 0 Å². The summed E-state index contributed by atoms with van der Waals surface area (Å²) < 4.78 is 72.7. The Morgan fingerprint density at radius 2 is 1.61 bits per heavy atom. The zero-order valence-corrected chi connectivity index (χ0v) is 12.0. The van der Waals surface area contributed by atoms with E-state index in [0.717, 1.165) is 12.1 Å². The second kappa shape index (κ2) is 5.26. The first-order valence-corrected chi connectivity index (χ1v) is 6.81. The molecule has 1 atom stereocenters. The van der Waals surface area contributed by atoms with Crippen molar-refractivity contribution in [2.75, 3.05) is 0 Å². The first-order valence-electron chi connectivity index (χ1n) is 6.37. The molecule has 0 saturated heterocycles. The smallest absolute Gasteiger partial charge is 0.395 e. The van der Waals surface area contributed by atoms with Gasteiger partial charge in [-0.3, -0.25) is 0 Å². The van der Waals surface area contributed by atoms with E-state index in [4.69, 9.17) is 11.6 Å². The molecular formula is C15H8ClF5O2. The highest BCUT2D eigenvalue weighted by Gasteiger charge is 2.45. The molecular weight excluding hydrogens is 343 g/mol. The van der Waals surface area contributed by atoms with E-state index in [1.165, 1.54) is 30.3 Å². The van der Waals surface area contributed by atoms with Gasteiger partial charge in [0.15, 0.2) is 11.5 Å². The maximum atomic E-state index is 13.2. The first kappa shape index (κ1) is 15.9. The van der Waals surface area contributed by atoms with Crippen molar-refractivity contribution in [1.29, 1.82) is 0 Å². The Hall–Kier alpha value is -2.02. The third-order valence-electron chi connectivity index (χ3n) is 3.26. The van der Waals surface area contributed by atoms with Crippen LogP contribution in [0.25, 0.3) is 0 Å². The van der Waals surface area contributed by atoms with Crippen LogP contribution in [0.1, 0.15) is 22.1 Å². The normalized spacial score (nSPS) is 17.1. The van der Waals surface area contributed by atoms with Gasteiger partial charge in [0.2, 0.25) is 0 Å². The van der Waals surface area contributed by atoms with Gasteiger partial charge in [-0.15, -0.1) is 20.4 Å². The molecule has 2 aromatic rings. The van der Waals surface area contributed by atoms with Crippen LogP contribution in [-0.2, 0) is 6.18 Å². The van der Waals surface area contributed by atoms with E-state index in [1.54, 1.807) is 0 Å². The maximum Gasteiger partial charge on any atom is 0.586 e. The molecule has 3 rings (SSSR count). The van der Waals surface area contributed by atoms with E-state index in [0.29, 0.717) is 5.56 Å². The molecule has 122 valence electrons.